The molecule has 0 saturated carbocycles. The van der Waals surface area contributed by atoms with Gasteiger partial charge in [0.2, 0.25) is 0 Å². The topological polar surface area (TPSA) is 43.1 Å². The van der Waals surface area contributed by atoms with Crippen molar-refractivity contribution in [3.05, 3.63) is 35.4 Å². The highest BCUT2D eigenvalue weighted by atomic mass is 16.1. The van der Waals surface area contributed by atoms with E-state index >= 15 is 0 Å². The third-order valence-electron chi connectivity index (χ3n) is 3.04. The molecule has 1 aromatic rings. The number of benzene rings is 1. The summed E-state index contributed by atoms with van der Waals surface area (Å²) in [7, 11) is 0. The highest BCUT2D eigenvalue weighted by molar-refractivity contribution is 5.83. The largest absolute Gasteiger partial charge is 0.321 e. The summed E-state index contributed by atoms with van der Waals surface area (Å²) >= 11 is 0. The Morgan fingerprint density at radius 1 is 1.24 bits per heavy atom. The van der Waals surface area contributed by atoms with E-state index in [2.05, 4.69) is 45.0 Å². The van der Waals surface area contributed by atoms with Gasteiger partial charge >= 0.3 is 0 Å². The van der Waals surface area contributed by atoms with Crippen LogP contribution in [-0.4, -0.2) is 11.8 Å². The Balaban J connectivity index is 2.72. The molecule has 17 heavy (non-hydrogen) atoms. The molecule has 0 amide bonds. The fraction of sp³-hybridized carbons (Fsp3) is 0.533. The van der Waals surface area contributed by atoms with Gasteiger partial charge in [-0.1, -0.05) is 52.0 Å². The van der Waals surface area contributed by atoms with Gasteiger partial charge in [0, 0.05) is 6.42 Å². The van der Waals surface area contributed by atoms with Gasteiger partial charge in [0.15, 0.2) is 0 Å². The number of nitrogens with two attached hydrogens (primary N) is 1. The first-order valence-electron chi connectivity index (χ1n) is 6.22. The van der Waals surface area contributed by atoms with Gasteiger partial charge in [0.25, 0.3) is 0 Å². The zero-order chi connectivity index (χ0) is 13.1. The lowest BCUT2D eigenvalue weighted by molar-refractivity contribution is -0.119. The number of hydrogen-bond acceptors (Lipinski definition) is 2. The SMILES string of the molecule is CCC(=O)C(N)Cc1ccc(C(C)(C)C)cc1. The van der Waals surface area contributed by atoms with Crippen LogP contribution in [0.5, 0.6) is 0 Å². The highest BCUT2D eigenvalue weighted by Gasteiger charge is 2.15. The number of ketones is 1. The Hall–Kier alpha value is -1.15. The fourth-order valence-corrected chi connectivity index (χ4v) is 1.77. The van der Waals surface area contributed by atoms with E-state index in [9.17, 15) is 4.79 Å². The maximum Gasteiger partial charge on any atom is 0.149 e. The van der Waals surface area contributed by atoms with Crippen molar-refractivity contribution >= 4 is 5.78 Å². The summed E-state index contributed by atoms with van der Waals surface area (Å²) < 4.78 is 0. The maximum atomic E-state index is 11.4. The molecular formula is C15H23NO. The Morgan fingerprint density at radius 3 is 2.18 bits per heavy atom. The van der Waals surface area contributed by atoms with Crippen LogP contribution in [0.2, 0.25) is 0 Å². The average molecular weight is 233 g/mol. The lowest BCUT2D eigenvalue weighted by Gasteiger charge is -2.19. The minimum Gasteiger partial charge on any atom is -0.321 e. The summed E-state index contributed by atoms with van der Waals surface area (Å²) in [5.41, 5.74) is 8.43. The lowest BCUT2D eigenvalue weighted by Crippen LogP contribution is -2.32. The smallest absolute Gasteiger partial charge is 0.149 e. The fourth-order valence-electron chi connectivity index (χ4n) is 1.77. The second-order valence-electron chi connectivity index (χ2n) is 5.58. The predicted molar refractivity (Wildman–Crippen MR) is 72.1 cm³/mol. The molecular weight excluding hydrogens is 210 g/mol. The molecule has 0 aliphatic rings. The first kappa shape index (κ1) is 13.9. The van der Waals surface area contributed by atoms with E-state index in [0.717, 1.165) is 5.56 Å². The van der Waals surface area contributed by atoms with E-state index in [1.54, 1.807) is 0 Å². The third kappa shape index (κ3) is 3.97. The molecule has 94 valence electrons. The number of carbonyl (C=O) groups is 1. The van der Waals surface area contributed by atoms with Gasteiger partial charge in [0.05, 0.1) is 6.04 Å². The molecule has 2 N–H and O–H groups in total. The van der Waals surface area contributed by atoms with Crippen molar-refractivity contribution in [3.63, 3.8) is 0 Å². The molecule has 1 unspecified atom stereocenters. The molecule has 0 aliphatic heterocycles. The first-order valence-corrected chi connectivity index (χ1v) is 6.22. The maximum absolute atomic E-state index is 11.4. The van der Waals surface area contributed by atoms with Crippen molar-refractivity contribution in [2.45, 2.75) is 52.0 Å². The molecule has 1 atom stereocenters. The van der Waals surface area contributed by atoms with Crippen molar-refractivity contribution in [1.82, 2.24) is 0 Å². The van der Waals surface area contributed by atoms with Crippen LogP contribution in [0.1, 0.15) is 45.2 Å². The Kier molecular flexibility index (Phi) is 4.47. The zero-order valence-corrected chi connectivity index (χ0v) is 11.3. The van der Waals surface area contributed by atoms with Crippen molar-refractivity contribution < 1.29 is 4.79 Å². The third-order valence-corrected chi connectivity index (χ3v) is 3.04. The minimum atomic E-state index is -0.361. The molecule has 0 saturated heterocycles. The van der Waals surface area contributed by atoms with Gasteiger partial charge in [-0.15, -0.1) is 0 Å². The second-order valence-corrected chi connectivity index (χ2v) is 5.58. The van der Waals surface area contributed by atoms with Gasteiger partial charge < -0.3 is 5.73 Å². The normalized spacial score (nSPS) is 13.5. The van der Waals surface area contributed by atoms with Crippen molar-refractivity contribution in [3.8, 4) is 0 Å². The minimum absolute atomic E-state index is 0.130. The summed E-state index contributed by atoms with van der Waals surface area (Å²) in [5, 5.41) is 0. The van der Waals surface area contributed by atoms with Crippen LogP contribution in [0.4, 0.5) is 0 Å². The summed E-state index contributed by atoms with van der Waals surface area (Å²) in [6, 6.07) is 8.03. The molecule has 0 fully saturated rings. The van der Waals surface area contributed by atoms with E-state index in [-0.39, 0.29) is 17.2 Å². The number of rotatable bonds is 4. The molecule has 1 rings (SSSR count). The van der Waals surface area contributed by atoms with Crippen LogP contribution >= 0.6 is 0 Å². The van der Waals surface area contributed by atoms with E-state index in [0.29, 0.717) is 12.8 Å². The van der Waals surface area contributed by atoms with Crippen LogP contribution in [-0.2, 0) is 16.6 Å². The van der Waals surface area contributed by atoms with E-state index in [1.165, 1.54) is 5.56 Å². The number of hydrogen-bond donors (Lipinski definition) is 1. The van der Waals surface area contributed by atoms with E-state index in [4.69, 9.17) is 5.73 Å². The van der Waals surface area contributed by atoms with Crippen LogP contribution in [0.3, 0.4) is 0 Å². The van der Waals surface area contributed by atoms with Gasteiger partial charge in [-0.2, -0.15) is 0 Å². The van der Waals surface area contributed by atoms with Crippen LogP contribution in [0, 0.1) is 0 Å². The van der Waals surface area contributed by atoms with Crippen LogP contribution in [0.15, 0.2) is 24.3 Å². The number of carbonyl (C=O) groups excluding carboxylic acids is 1. The molecule has 0 radical (unpaired) electrons. The second kappa shape index (κ2) is 5.46. The van der Waals surface area contributed by atoms with Crippen molar-refractivity contribution in [2.24, 2.45) is 5.73 Å². The predicted octanol–water partition coefficient (Wildman–Crippen LogP) is 2.83. The molecule has 0 bridgehead atoms. The van der Waals surface area contributed by atoms with Crippen molar-refractivity contribution in [2.75, 3.05) is 0 Å². The summed E-state index contributed by atoms with van der Waals surface area (Å²) in [4.78, 5) is 11.4. The molecule has 2 nitrogen and oxygen atoms in total. The Morgan fingerprint density at radius 2 is 1.76 bits per heavy atom. The zero-order valence-electron chi connectivity index (χ0n) is 11.3. The summed E-state index contributed by atoms with van der Waals surface area (Å²) in [5.74, 6) is 0.130. The lowest BCUT2D eigenvalue weighted by atomic mass is 9.86. The van der Waals surface area contributed by atoms with Gasteiger partial charge in [-0.3, -0.25) is 4.79 Å². The number of Topliss-reactive ketones (excluding diaryl/α,β-unsaturated/α-hetero) is 1. The quantitative estimate of drug-likeness (QED) is 0.869. The average Bonchev–Trinajstić information content (AvgIpc) is 2.27. The molecule has 0 heterocycles. The Labute approximate surface area is 104 Å². The van der Waals surface area contributed by atoms with Gasteiger partial charge in [0.1, 0.15) is 5.78 Å². The molecule has 0 aliphatic carbocycles. The van der Waals surface area contributed by atoms with Gasteiger partial charge in [-0.05, 0) is 23.0 Å². The molecule has 2 heteroatoms. The van der Waals surface area contributed by atoms with Crippen LogP contribution < -0.4 is 5.73 Å². The van der Waals surface area contributed by atoms with Crippen LogP contribution in [0.25, 0.3) is 0 Å². The monoisotopic (exact) mass is 233 g/mol. The molecule has 0 spiro atoms. The summed E-state index contributed by atoms with van der Waals surface area (Å²) in [6.07, 6.45) is 1.15. The molecule has 0 aromatic heterocycles. The van der Waals surface area contributed by atoms with E-state index in [1.807, 2.05) is 6.92 Å². The standard InChI is InChI=1S/C15H23NO/c1-5-14(17)13(16)10-11-6-8-12(9-7-11)15(2,3)4/h6-9,13H,5,10,16H2,1-4H3. The molecule has 1 aromatic carbocycles. The Bertz CT molecular complexity index is 373. The van der Waals surface area contributed by atoms with E-state index < -0.39 is 0 Å². The van der Waals surface area contributed by atoms with Gasteiger partial charge in [-0.25, -0.2) is 0 Å². The highest BCUT2D eigenvalue weighted by Crippen LogP contribution is 2.22. The summed E-state index contributed by atoms with van der Waals surface area (Å²) in [6.45, 7) is 8.42. The van der Waals surface area contributed by atoms with Crippen molar-refractivity contribution in [1.29, 1.82) is 0 Å². The first-order chi connectivity index (χ1) is 7.84.